The maximum Gasteiger partial charge on any atom is 0.295 e. The second kappa shape index (κ2) is 10.9. The molecule has 2 saturated heterocycles. The number of Topliss-reactive ketones (excluding diaryl/α,β-unsaturated/α-hetero) is 1. The molecule has 1 atom stereocenters. The molecule has 2 aliphatic heterocycles. The van der Waals surface area contributed by atoms with Crippen molar-refractivity contribution in [2.75, 3.05) is 46.6 Å². The lowest BCUT2D eigenvalue weighted by Gasteiger charge is -2.26. The Labute approximate surface area is 211 Å². The number of morpholine rings is 1. The number of carbonyl (C=O) groups excluding carboxylic acids is 2. The maximum atomic E-state index is 13.1. The van der Waals surface area contributed by atoms with Gasteiger partial charge in [-0.1, -0.05) is 29.8 Å². The van der Waals surface area contributed by atoms with Crippen LogP contribution in [0.3, 0.4) is 0 Å². The molecule has 0 unspecified atom stereocenters. The van der Waals surface area contributed by atoms with Gasteiger partial charge in [-0.25, -0.2) is 8.42 Å². The summed E-state index contributed by atoms with van der Waals surface area (Å²) in [5.74, 6) is -1.81. The Bertz CT molecular complexity index is 1250. The van der Waals surface area contributed by atoms with Crippen LogP contribution in [-0.2, 0) is 29.1 Å². The Morgan fingerprint density at radius 3 is 2.31 bits per heavy atom. The van der Waals surface area contributed by atoms with Crippen molar-refractivity contribution in [3.8, 4) is 0 Å². The minimum absolute atomic E-state index is 0.0231. The molecule has 1 amide bonds. The molecule has 0 aliphatic carbocycles. The van der Waals surface area contributed by atoms with Crippen LogP contribution < -0.4 is 0 Å². The van der Waals surface area contributed by atoms with Gasteiger partial charge in [-0.2, -0.15) is 4.31 Å². The normalized spacial score (nSPS) is 20.7. The van der Waals surface area contributed by atoms with E-state index in [-0.39, 0.29) is 41.4 Å². The van der Waals surface area contributed by atoms with Crippen molar-refractivity contribution in [1.82, 2.24) is 9.21 Å². The minimum Gasteiger partial charge on any atom is -0.507 e. The molecule has 0 radical (unpaired) electrons. The van der Waals surface area contributed by atoms with E-state index in [1.165, 1.54) is 33.5 Å². The summed E-state index contributed by atoms with van der Waals surface area (Å²) < 4.78 is 37.6. The smallest absolute Gasteiger partial charge is 0.295 e. The van der Waals surface area contributed by atoms with Crippen LogP contribution in [0.25, 0.3) is 5.76 Å². The van der Waals surface area contributed by atoms with Gasteiger partial charge in [-0.05, 0) is 43.2 Å². The highest BCUT2D eigenvalue weighted by Gasteiger charge is 2.45. The first-order valence-corrected chi connectivity index (χ1v) is 13.2. The Morgan fingerprint density at radius 2 is 1.69 bits per heavy atom. The Balaban J connectivity index is 1.71. The third-order valence-corrected chi connectivity index (χ3v) is 8.33. The zero-order valence-corrected chi connectivity index (χ0v) is 21.2. The van der Waals surface area contributed by atoms with E-state index in [0.29, 0.717) is 31.8 Å². The summed E-state index contributed by atoms with van der Waals surface area (Å²) in [6, 6.07) is 12.4. The highest BCUT2D eigenvalue weighted by molar-refractivity contribution is 7.89. The number of aliphatic hydroxyl groups is 1. The summed E-state index contributed by atoms with van der Waals surface area (Å²) in [7, 11) is -2.14. The van der Waals surface area contributed by atoms with E-state index in [4.69, 9.17) is 9.47 Å². The minimum atomic E-state index is -3.71. The predicted octanol–water partition coefficient (Wildman–Crippen LogP) is 2.47. The zero-order chi connectivity index (χ0) is 25.9. The molecular formula is C26H30N2O7S. The molecule has 2 aromatic rings. The fourth-order valence-corrected chi connectivity index (χ4v) is 5.87. The number of sulfonamides is 1. The fourth-order valence-electron chi connectivity index (χ4n) is 4.46. The first-order chi connectivity index (χ1) is 17.3. The van der Waals surface area contributed by atoms with Crippen LogP contribution in [0, 0.1) is 6.92 Å². The van der Waals surface area contributed by atoms with Crippen LogP contribution in [0.1, 0.15) is 29.2 Å². The van der Waals surface area contributed by atoms with Crippen LogP contribution in [0.4, 0.5) is 0 Å². The van der Waals surface area contributed by atoms with Crippen molar-refractivity contribution in [3.63, 3.8) is 0 Å². The summed E-state index contributed by atoms with van der Waals surface area (Å²) in [5, 5.41) is 11.2. The number of rotatable bonds is 8. The number of aliphatic hydroxyl groups excluding tert-OH is 1. The van der Waals surface area contributed by atoms with E-state index in [1.807, 2.05) is 31.2 Å². The number of benzene rings is 2. The van der Waals surface area contributed by atoms with Gasteiger partial charge in [-0.15, -0.1) is 0 Å². The van der Waals surface area contributed by atoms with Crippen LogP contribution in [-0.4, -0.2) is 81.0 Å². The zero-order valence-electron chi connectivity index (χ0n) is 20.3. The van der Waals surface area contributed by atoms with Gasteiger partial charge in [-0.3, -0.25) is 9.59 Å². The lowest BCUT2D eigenvalue weighted by atomic mass is 9.94. The summed E-state index contributed by atoms with van der Waals surface area (Å²) in [5.41, 5.74) is 1.95. The molecular weight excluding hydrogens is 484 g/mol. The molecule has 1 N–H and O–H groups in total. The first-order valence-electron chi connectivity index (χ1n) is 11.8. The van der Waals surface area contributed by atoms with Gasteiger partial charge < -0.3 is 19.5 Å². The third kappa shape index (κ3) is 5.08. The number of hydrogen-bond acceptors (Lipinski definition) is 7. The molecule has 192 valence electrons. The molecule has 4 rings (SSSR count). The summed E-state index contributed by atoms with van der Waals surface area (Å²) in [6.07, 6.45) is 0.528. The van der Waals surface area contributed by atoms with Crippen molar-refractivity contribution in [2.45, 2.75) is 24.3 Å². The van der Waals surface area contributed by atoms with Crippen LogP contribution in [0.15, 0.2) is 59.0 Å². The molecule has 9 nitrogen and oxygen atoms in total. The van der Waals surface area contributed by atoms with Crippen LogP contribution in [0.2, 0.25) is 0 Å². The lowest BCUT2D eigenvalue weighted by Crippen LogP contribution is -2.40. The second-order valence-electron chi connectivity index (χ2n) is 8.79. The largest absolute Gasteiger partial charge is 0.507 e. The molecule has 0 saturated carbocycles. The molecule has 0 spiro atoms. The Hall–Kier alpha value is -3.05. The predicted molar refractivity (Wildman–Crippen MR) is 133 cm³/mol. The van der Waals surface area contributed by atoms with Crippen LogP contribution in [0.5, 0.6) is 0 Å². The standard InChI is InChI=1S/C26H30N2O7S/c1-18-4-6-19(7-5-18)23-22(25(30)26(31)28(23)12-3-15-34-2)24(29)20-8-10-21(11-9-20)36(32,33)27-13-16-35-17-14-27/h4-11,23,29H,3,12-17H2,1-2H3/b24-22+/t23-/m0/s1. The first kappa shape index (κ1) is 26.0. The Morgan fingerprint density at radius 1 is 1.06 bits per heavy atom. The number of carbonyl (C=O) groups is 2. The number of hydrogen-bond donors (Lipinski definition) is 1. The monoisotopic (exact) mass is 514 g/mol. The van der Waals surface area contributed by atoms with E-state index in [2.05, 4.69) is 0 Å². The second-order valence-corrected chi connectivity index (χ2v) is 10.7. The lowest BCUT2D eigenvalue weighted by molar-refractivity contribution is -0.140. The van der Waals surface area contributed by atoms with E-state index in [1.54, 1.807) is 7.11 Å². The van der Waals surface area contributed by atoms with Crippen molar-refractivity contribution >= 4 is 27.5 Å². The number of amides is 1. The highest BCUT2D eigenvalue weighted by Crippen LogP contribution is 2.39. The molecule has 0 bridgehead atoms. The topological polar surface area (TPSA) is 113 Å². The van der Waals surface area contributed by atoms with Gasteiger partial charge in [0.05, 0.1) is 29.7 Å². The molecule has 2 aliphatic rings. The molecule has 2 aromatic carbocycles. The molecule has 2 fully saturated rings. The summed E-state index contributed by atoms with van der Waals surface area (Å²) >= 11 is 0. The maximum absolute atomic E-state index is 13.1. The average molecular weight is 515 g/mol. The number of likely N-dealkylation sites (tertiary alicyclic amines) is 1. The number of methoxy groups -OCH3 is 1. The van der Waals surface area contributed by atoms with Gasteiger partial charge >= 0.3 is 0 Å². The van der Waals surface area contributed by atoms with Gasteiger partial charge in [0.2, 0.25) is 10.0 Å². The van der Waals surface area contributed by atoms with E-state index in [9.17, 15) is 23.1 Å². The van der Waals surface area contributed by atoms with Crippen molar-refractivity contribution < 1.29 is 32.6 Å². The van der Waals surface area contributed by atoms with E-state index >= 15 is 0 Å². The van der Waals surface area contributed by atoms with E-state index in [0.717, 1.165) is 5.56 Å². The Kier molecular flexibility index (Phi) is 7.89. The summed E-state index contributed by atoms with van der Waals surface area (Å²) in [4.78, 5) is 27.6. The van der Waals surface area contributed by atoms with Crippen molar-refractivity contribution in [3.05, 3.63) is 70.8 Å². The average Bonchev–Trinajstić information content (AvgIpc) is 3.14. The molecule has 10 heteroatoms. The van der Waals surface area contributed by atoms with Gasteiger partial charge in [0.1, 0.15) is 5.76 Å². The van der Waals surface area contributed by atoms with Gasteiger partial charge in [0, 0.05) is 38.9 Å². The third-order valence-electron chi connectivity index (χ3n) is 6.42. The highest BCUT2D eigenvalue weighted by atomic mass is 32.2. The number of ketones is 1. The van der Waals surface area contributed by atoms with Crippen molar-refractivity contribution in [2.24, 2.45) is 0 Å². The SMILES string of the molecule is COCCCN1C(=O)C(=O)/C(=C(/O)c2ccc(S(=O)(=O)N3CCOCC3)cc2)[C@@H]1c1ccc(C)cc1. The molecule has 36 heavy (non-hydrogen) atoms. The van der Waals surface area contributed by atoms with E-state index < -0.39 is 27.8 Å². The number of aryl methyl sites for hydroxylation is 1. The quantitative estimate of drug-likeness (QED) is 0.249. The fraction of sp³-hybridized carbons (Fsp3) is 0.385. The number of ether oxygens (including phenoxy) is 2. The van der Waals surface area contributed by atoms with Gasteiger partial charge in [0.25, 0.3) is 11.7 Å². The van der Waals surface area contributed by atoms with Gasteiger partial charge in [0.15, 0.2) is 0 Å². The molecule has 2 heterocycles. The number of nitrogens with zero attached hydrogens (tertiary/aromatic N) is 2. The summed E-state index contributed by atoms with van der Waals surface area (Å²) in [6.45, 7) is 3.85. The van der Waals surface area contributed by atoms with Crippen LogP contribution >= 0.6 is 0 Å². The molecule has 0 aromatic heterocycles. The van der Waals surface area contributed by atoms with Crippen molar-refractivity contribution in [1.29, 1.82) is 0 Å².